The van der Waals surface area contributed by atoms with Crippen molar-refractivity contribution in [1.82, 2.24) is 15.1 Å². The predicted molar refractivity (Wildman–Crippen MR) is 114 cm³/mol. The lowest BCUT2D eigenvalue weighted by Crippen LogP contribution is -2.47. The third-order valence-electron chi connectivity index (χ3n) is 7.19. The predicted octanol–water partition coefficient (Wildman–Crippen LogP) is 2.75. The molecule has 0 unspecified atom stereocenters. The van der Waals surface area contributed by atoms with Crippen LogP contribution in [0.25, 0.3) is 0 Å². The highest BCUT2D eigenvalue weighted by atomic mass is 16.2. The quantitative estimate of drug-likeness (QED) is 0.755. The zero-order chi connectivity index (χ0) is 21.5. The van der Waals surface area contributed by atoms with Gasteiger partial charge in [0.25, 0.3) is 17.7 Å². The summed E-state index contributed by atoms with van der Waals surface area (Å²) in [6.45, 7) is 1.35. The number of fused-ring (bicyclic) bond motifs is 1. The first-order chi connectivity index (χ1) is 15.0. The van der Waals surface area contributed by atoms with Crippen molar-refractivity contribution in [2.45, 2.75) is 69.9 Å². The van der Waals surface area contributed by atoms with Gasteiger partial charge in [0.1, 0.15) is 0 Å². The minimum absolute atomic E-state index is 0.0140. The van der Waals surface area contributed by atoms with Gasteiger partial charge in [-0.3, -0.25) is 24.1 Å². The van der Waals surface area contributed by atoms with E-state index in [1.54, 1.807) is 18.2 Å². The van der Waals surface area contributed by atoms with Crippen LogP contribution in [-0.4, -0.2) is 58.6 Å². The zero-order valence-electron chi connectivity index (χ0n) is 17.8. The molecule has 3 fully saturated rings. The number of rotatable bonds is 4. The summed E-state index contributed by atoms with van der Waals surface area (Å²) < 4.78 is 0. The van der Waals surface area contributed by atoms with Crippen LogP contribution >= 0.6 is 0 Å². The van der Waals surface area contributed by atoms with Crippen LogP contribution in [0.15, 0.2) is 18.2 Å². The van der Waals surface area contributed by atoms with Crippen LogP contribution < -0.4 is 5.32 Å². The lowest BCUT2D eigenvalue weighted by Gasteiger charge is -2.32. The summed E-state index contributed by atoms with van der Waals surface area (Å²) in [5, 5.41) is 3.04. The van der Waals surface area contributed by atoms with E-state index in [0.29, 0.717) is 29.8 Å². The number of nitrogens with one attached hydrogen (secondary N) is 1. The van der Waals surface area contributed by atoms with Crippen LogP contribution in [0, 0.1) is 5.92 Å². The number of carbonyl (C=O) groups is 4. The van der Waals surface area contributed by atoms with Gasteiger partial charge in [-0.05, 0) is 56.7 Å². The molecule has 1 saturated heterocycles. The van der Waals surface area contributed by atoms with Crippen molar-refractivity contribution in [3.05, 3.63) is 34.9 Å². The van der Waals surface area contributed by atoms with Crippen LogP contribution in [0.1, 0.15) is 88.9 Å². The molecule has 4 aliphatic rings. The number of benzene rings is 1. The smallest absolute Gasteiger partial charge is 0.261 e. The van der Waals surface area contributed by atoms with E-state index in [4.69, 9.17) is 0 Å². The third kappa shape index (κ3) is 3.86. The number of hydrogen-bond donors (Lipinski definition) is 1. The number of carbonyl (C=O) groups excluding carboxylic acids is 4. The van der Waals surface area contributed by atoms with E-state index < -0.39 is 0 Å². The summed E-state index contributed by atoms with van der Waals surface area (Å²) in [5.74, 6) is -0.244. The molecule has 2 saturated carbocycles. The first kappa shape index (κ1) is 20.2. The van der Waals surface area contributed by atoms with Crippen molar-refractivity contribution in [3.8, 4) is 0 Å². The second-order valence-corrected chi connectivity index (χ2v) is 9.38. The average molecular weight is 424 g/mol. The molecule has 2 aliphatic carbocycles. The number of piperidine rings is 1. The molecule has 0 atom stereocenters. The number of nitrogens with zero attached hydrogens (tertiary/aromatic N) is 2. The number of imide groups is 1. The van der Waals surface area contributed by atoms with Gasteiger partial charge in [-0.1, -0.05) is 19.3 Å². The molecule has 1 N–H and O–H groups in total. The standard InChI is InChI=1S/C24H29N3O4/c28-21(25-17-10-12-26(13-11-17)22(29)15-6-7-15)16-8-9-19-20(14-16)24(31)27(23(19)30)18-4-2-1-3-5-18/h8-9,14-15,17-18H,1-7,10-13H2,(H,25,28). The Balaban J connectivity index is 1.23. The van der Waals surface area contributed by atoms with E-state index in [0.717, 1.165) is 57.8 Å². The molecule has 2 heterocycles. The Kier molecular flexibility index (Phi) is 5.28. The van der Waals surface area contributed by atoms with E-state index in [1.807, 2.05) is 4.90 Å². The van der Waals surface area contributed by atoms with Crippen molar-refractivity contribution in [3.63, 3.8) is 0 Å². The van der Waals surface area contributed by atoms with E-state index in [1.165, 1.54) is 4.90 Å². The largest absolute Gasteiger partial charge is 0.349 e. The summed E-state index contributed by atoms with van der Waals surface area (Å²) in [6.07, 6.45) is 8.44. The minimum Gasteiger partial charge on any atom is -0.349 e. The zero-order valence-corrected chi connectivity index (χ0v) is 17.8. The number of amides is 4. The Morgan fingerprint density at radius 1 is 0.839 bits per heavy atom. The molecular weight excluding hydrogens is 394 g/mol. The number of likely N-dealkylation sites (tertiary alicyclic amines) is 1. The highest BCUT2D eigenvalue weighted by Crippen LogP contribution is 2.33. The van der Waals surface area contributed by atoms with Gasteiger partial charge in [0, 0.05) is 36.7 Å². The molecule has 1 aromatic rings. The van der Waals surface area contributed by atoms with Crippen molar-refractivity contribution in [2.24, 2.45) is 5.92 Å². The molecule has 31 heavy (non-hydrogen) atoms. The van der Waals surface area contributed by atoms with Crippen molar-refractivity contribution < 1.29 is 19.2 Å². The van der Waals surface area contributed by atoms with Gasteiger partial charge in [0.15, 0.2) is 0 Å². The van der Waals surface area contributed by atoms with E-state index in [9.17, 15) is 19.2 Å². The Morgan fingerprint density at radius 2 is 1.52 bits per heavy atom. The van der Waals surface area contributed by atoms with Crippen LogP contribution in [0.4, 0.5) is 0 Å². The maximum Gasteiger partial charge on any atom is 0.261 e. The maximum atomic E-state index is 13.0. The van der Waals surface area contributed by atoms with Crippen molar-refractivity contribution >= 4 is 23.6 Å². The monoisotopic (exact) mass is 423 g/mol. The molecule has 2 aliphatic heterocycles. The molecule has 0 radical (unpaired) electrons. The molecule has 164 valence electrons. The first-order valence-electron chi connectivity index (χ1n) is 11.6. The molecule has 0 aromatic heterocycles. The Labute approximate surface area is 182 Å². The molecular formula is C24H29N3O4. The average Bonchev–Trinajstić information content (AvgIpc) is 3.61. The van der Waals surface area contributed by atoms with Gasteiger partial charge in [0.05, 0.1) is 11.1 Å². The maximum absolute atomic E-state index is 13.0. The molecule has 0 spiro atoms. The molecule has 7 heteroatoms. The topological polar surface area (TPSA) is 86.8 Å². The fourth-order valence-electron chi connectivity index (χ4n) is 5.17. The molecule has 0 bridgehead atoms. The van der Waals surface area contributed by atoms with Gasteiger partial charge in [-0.2, -0.15) is 0 Å². The van der Waals surface area contributed by atoms with Gasteiger partial charge >= 0.3 is 0 Å². The van der Waals surface area contributed by atoms with Gasteiger partial charge < -0.3 is 10.2 Å². The summed E-state index contributed by atoms with van der Waals surface area (Å²) in [7, 11) is 0. The second-order valence-electron chi connectivity index (χ2n) is 9.38. The molecule has 4 amide bonds. The Morgan fingerprint density at radius 3 is 2.19 bits per heavy atom. The lowest BCUT2D eigenvalue weighted by atomic mass is 9.94. The van der Waals surface area contributed by atoms with Crippen molar-refractivity contribution in [2.75, 3.05) is 13.1 Å². The second kappa shape index (κ2) is 8.09. The van der Waals surface area contributed by atoms with Gasteiger partial charge in [-0.25, -0.2) is 0 Å². The molecule has 7 nitrogen and oxygen atoms in total. The Bertz CT molecular complexity index is 925. The Hall–Kier alpha value is -2.70. The summed E-state index contributed by atoms with van der Waals surface area (Å²) in [4.78, 5) is 54.1. The lowest BCUT2D eigenvalue weighted by molar-refractivity contribution is -0.133. The van der Waals surface area contributed by atoms with E-state index in [-0.39, 0.29) is 41.6 Å². The van der Waals surface area contributed by atoms with Crippen LogP contribution in [0.3, 0.4) is 0 Å². The highest BCUT2D eigenvalue weighted by Gasteiger charge is 2.40. The third-order valence-corrected chi connectivity index (χ3v) is 7.19. The van der Waals surface area contributed by atoms with E-state index in [2.05, 4.69) is 5.32 Å². The van der Waals surface area contributed by atoms with Gasteiger partial charge in [-0.15, -0.1) is 0 Å². The summed E-state index contributed by atoms with van der Waals surface area (Å²) in [6, 6.07) is 4.81. The summed E-state index contributed by atoms with van der Waals surface area (Å²) in [5.41, 5.74) is 1.15. The summed E-state index contributed by atoms with van der Waals surface area (Å²) >= 11 is 0. The van der Waals surface area contributed by atoms with Crippen LogP contribution in [-0.2, 0) is 4.79 Å². The molecule has 5 rings (SSSR count). The minimum atomic E-state index is -0.270. The van der Waals surface area contributed by atoms with Crippen molar-refractivity contribution in [1.29, 1.82) is 0 Å². The van der Waals surface area contributed by atoms with Crippen LogP contribution in [0.2, 0.25) is 0 Å². The normalized spacial score (nSPS) is 22.6. The first-order valence-corrected chi connectivity index (χ1v) is 11.6. The van der Waals surface area contributed by atoms with Gasteiger partial charge in [0.2, 0.25) is 5.91 Å². The fourth-order valence-corrected chi connectivity index (χ4v) is 5.17. The van der Waals surface area contributed by atoms with Crippen LogP contribution in [0.5, 0.6) is 0 Å². The fraction of sp³-hybridized carbons (Fsp3) is 0.583. The highest BCUT2D eigenvalue weighted by molar-refractivity contribution is 6.22. The SMILES string of the molecule is O=C(NC1CCN(C(=O)C2CC2)CC1)c1ccc2c(c1)C(=O)N(C1CCCCC1)C2=O. The molecule has 1 aromatic carbocycles. The number of hydrogen-bond acceptors (Lipinski definition) is 4. The van der Waals surface area contributed by atoms with E-state index >= 15 is 0 Å².